The van der Waals surface area contributed by atoms with Crippen molar-refractivity contribution >= 4 is 27.1 Å². The molecule has 0 saturated heterocycles. The summed E-state index contributed by atoms with van der Waals surface area (Å²) in [5.41, 5.74) is 9.62. The fraction of sp³-hybridized carbons (Fsp3) is 0.200. The van der Waals surface area contributed by atoms with Crippen molar-refractivity contribution in [3.8, 4) is 0 Å². The van der Waals surface area contributed by atoms with Crippen molar-refractivity contribution in [2.45, 2.75) is 18.7 Å². The van der Waals surface area contributed by atoms with E-state index in [9.17, 15) is 8.42 Å². The Bertz CT molecular complexity index is 765. The smallest absolute Gasteiger partial charge is 0.240 e. The topological polar surface area (TPSA) is 89.4 Å². The van der Waals surface area contributed by atoms with Gasteiger partial charge in [0, 0.05) is 18.4 Å². The molecule has 0 bridgehead atoms. The van der Waals surface area contributed by atoms with E-state index in [2.05, 4.69) is 6.07 Å². The molecule has 0 heterocycles. The third kappa shape index (κ3) is 3.34. The van der Waals surface area contributed by atoms with Crippen molar-refractivity contribution in [2.75, 3.05) is 17.7 Å². The van der Waals surface area contributed by atoms with E-state index in [4.69, 9.17) is 10.9 Å². The van der Waals surface area contributed by atoms with E-state index in [-0.39, 0.29) is 4.90 Å². The maximum atomic E-state index is 11.8. The Hall–Kier alpha value is -2.05. The minimum Gasteiger partial charge on any atom is -0.399 e. The van der Waals surface area contributed by atoms with Crippen LogP contribution in [-0.2, 0) is 10.0 Å². The second-order valence-electron chi connectivity index (χ2n) is 5.18. The van der Waals surface area contributed by atoms with Crippen LogP contribution in [0.1, 0.15) is 11.1 Å². The summed E-state index contributed by atoms with van der Waals surface area (Å²) in [7, 11) is -2.05. The van der Waals surface area contributed by atoms with Crippen LogP contribution in [0.4, 0.5) is 17.1 Å². The Balaban J connectivity index is 2.61. The molecule has 112 valence electrons. The van der Waals surface area contributed by atoms with Gasteiger partial charge in [-0.05, 0) is 55.3 Å². The van der Waals surface area contributed by atoms with Crippen LogP contribution in [-0.4, -0.2) is 15.5 Å². The maximum absolute atomic E-state index is 11.8. The van der Waals surface area contributed by atoms with Crippen molar-refractivity contribution in [1.82, 2.24) is 0 Å². The monoisotopic (exact) mass is 305 g/mol. The first-order chi connectivity index (χ1) is 9.68. The fourth-order valence-electron chi connectivity index (χ4n) is 2.32. The van der Waals surface area contributed by atoms with Crippen molar-refractivity contribution in [2.24, 2.45) is 5.14 Å². The summed E-state index contributed by atoms with van der Waals surface area (Å²) in [4.78, 5) is 1.81. The Morgan fingerprint density at radius 1 is 1.00 bits per heavy atom. The largest absolute Gasteiger partial charge is 0.399 e. The lowest BCUT2D eigenvalue weighted by Crippen LogP contribution is -2.19. The first kappa shape index (κ1) is 15.3. The molecule has 0 aliphatic heterocycles. The van der Waals surface area contributed by atoms with Gasteiger partial charge in [-0.15, -0.1) is 0 Å². The number of anilines is 3. The molecule has 0 amide bonds. The molecule has 0 atom stereocenters. The Labute approximate surface area is 125 Å². The van der Waals surface area contributed by atoms with Gasteiger partial charge in [0.1, 0.15) is 4.90 Å². The van der Waals surface area contributed by atoms with E-state index in [1.54, 1.807) is 24.1 Å². The highest BCUT2D eigenvalue weighted by molar-refractivity contribution is 7.89. The number of benzene rings is 2. The first-order valence-corrected chi connectivity index (χ1v) is 7.97. The molecular formula is C15H19N3O2S. The van der Waals surface area contributed by atoms with E-state index < -0.39 is 10.0 Å². The molecule has 0 radical (unpaired) electrons. The number of sulfonamides is 1. The minimum atomic E-state index is -3.85. The number of primary sulfonamides is 1. The molecule has 2 aromatic rings. The van der Waals surface area contributed by atoms with Crippen molar-refractivity contribution < 1.29 is 8.42 Å². The molecule has 0 aliphatic carbocycles. The Morgan fingerprint density at radius 3 is 2.10 bits per heavy atom. The van der Waals surface area contributed by atoms with Gasteiger partial charge in [-0.3, -0.25) is 0 Å². The maximum Gasteiger partial charge on any atom is 0.240 e. The predicted octanol–water partition coefficient (Wildman–Crippen LogP) is 2.30. The van der Waals surface area contributed by atoms with Gasteiger partial charge in [-0.2, -0.15) is 0 Å². The standard InChI is InChI=1S/C15H19N3O2S/c1-10-6-11(2)8-13(7-10)18(3)14-5-4-12(16)9-15(14)21(17,19)20/h4-9H,16H2,1-3H3,(H2,17,19,20). The summed E-state index contributed by atoms with van der Waals surface area (Å²) in [6.07, 6.45) is 0. The molecule has 5 nitrogen and oxygen atoms in total. The van der Waals surface area contributed by atoms with Crippen molar-refractivity contribution in [3.63, 3.8) is 0 Å². The quantitative estimate of drug-likeness (QED) is 0.851. The van der Waals surface area contributed by atoms with Gasteiger partial charge in [0.25, 0.3) is 0 Å². The second kappa shape index (κ2) is 5.38. The van der Waals surface area contributed by atoms with Gasteiger partial charge in [0.2, 0.25) is 10.0 Å². The Kier molecular flexibility index (Phi) is 3.93. The summed E-state index contributed by atoms with van der Waals surface area (Å²) < 4.78 is 23.5. The molecule has 0 aliphatic rings. The molecule has 4 N–H and O–H groups in total. The average Bonchev–Trinajstić information content (AvgIpc) is 2.35. The van der Waals surface area contributed by atoms with Crippen LogP contribution in [0.5, 0.6) is 0 Å². The van der Waals surface area contributed by atoms with E-state index in [0.717, 1.165) is 16.8 Å². The molecule has 2 aromatic carbocycles. The highest BCUT2D eigenvalue weighted by Gasteiger charge is 2.18. The number of hydrogen-bond acceptors (Lipinski definition) is 4. The third-order valence-corrected chi connectivity index (χ3v) is 4.19. The average molecular weight is 305 g/mol. The first-order valence-electron chi connectivity index (χ1n) is 6.43. The minimum absolute atomic E-state index is 0.0177. The SMILES string of the molecule is Cc1cc(C)cc(N(C)c2ccc(N)cc2S(N)(=O)=O)c1. The lowest BCUT2D eigenvalue weighted by molar-refractivity contribution is 0.598. The highest BCUT2D eigenvalue weighted by Crippen LogP contribution is 2.31. The van der Waals surface area contributed by atoms with E-state index in [1.807, 2.05) is 26.0 Å². The lowest BCUT2D eigenvalue weighted by Gasteiger charge is -2.23. The Morgan fingerprint density at radius 2 is 1.57 bits per heavy atom. The number of rotatable bonds is 3. The third-order valence-electron chi connectivity index (χ3n) is 3.25. The van der Waals surface area contributed by atoms with Crippen molar-refractivity contribution in [1.29, 1.82) is 0 Å². The molecule has 21 heavy (non-hydrogen) atoms. The predicted molar refractivity (Wildman–Crippen MR) is 86.2 cm³/mol. The number of nitrogens with two attached hydrogens (primary N) is 2. The summed E-state index contributed by atoms with van der Waals surface area (Å²) in [6, 6.07) is 10.7. The number of nitrogen functional groups attached to an aromatic ring is 1. The number of aryl methyl sites for hydroxylation is 2. The number of hydrogen-bond donors (Lipinski definition) is 2. The molecule has 0 spiro atoms. The zero-order valence-electron chi connectivity index (χ0n) is 12.3. The molecule has 0 aromatic heterocycles. The van der Waals surface area contributed by atoms with Crippen LogP contribution >= 0.6 is 0 Å². The normalized spacial score (nSPS) is 11.4. The van der Waals surface area contributed by atoms with Crippen LogP contribution < -0.4 is 15.8 Å². The molecule has 2 rings (SSSR count). The van der Waals surface area contributed by atoms with E-state index in [0.29, 0.717) is 11.4 Å². The fourth-order valence-corrected chi connectivity index (χ4v) is 3.12. The zero-order valence-corrected chi connectivity index (χ0v) is 13.1. The van der Waals surface area contributed by atoms with Crippen LogP contribution in [0.15, 0.2) is 41.3 Å². The highest BCUT2D eigenvalue weighted by atomic mass is 32.2. The summed E-state index contributed by atoms with van der Waals surface area (Å²) in [5, 5.41) is 5.29. The van der Waals surface area contributed by atoms with Crippen LogP contribution in [0.3, 0.4) is 0 Å². The van der Waals surface area contributed by atoms with Crippen molar-refractivity contribution in [3.05, 3.63) is 47.5 Å². The van der Waals surface area contributed by atoms with Crippen LogP contribution in [0.25, 0.3) is 0 Å². The van der Waals surface area contributed by atoms with Gasteiger partial charge in [-0.25, -0.2) is 13.6 Å². The van der Waals surface area contributed by atoms with Crippen LogP contribution in [0.2, 0.25) is 0 Å². The summed E-state index contributed by atoms with van der Waals surface area (Å²) in [6.45, 7) is 3.99. The van der Waals surface area contributed by atoms with Gasteiger partial charge >= 0.3 is 0 Å². The van der Waals surface area contributed by atoms with Gasteiger partial charge in [0.05, 0.1) is 5.69 Å². The molecule has 0 unspecified atom stereocenters. The zero-order chi connectivity index (χ0) is 15.8. The number of nitrogens with zero attached hydrogens (tertiary/aromatic N) is 1. The van der Waals surface area contributed by atoms with E-state index in [1.165, 1.54) is 6.07 Å². The lowest BCUT2D eigenvalue weighted by atomic mass is 10.1. The van der Waals surface area contributed by atoms with Gasteiger partial charge in [0.15, 0.2) is 0 Å². The molecular weight excluding hydrogens is 286 g/mol. The van der Waals surface area contributed by atoms with E-state index >= 15 is 0 Å². The van der Waals surface area contributed by atoms with Gasteiger partial charge in [-0.1, -0.05) is 6.07 Å². The molecule has 0 fully saturated rings. The van der Waals surface area contributed by atoms with Gasteiger partial charge < -0.3 is 10.6 Å². The summed E-state index contributed by atoms with van der Waals surface area (Å²) in [5.74, 6) is 0. The molecule has 6 heteroatoms. The molecule has 0 saturated carbocycles. The van der Waals surface area contributed by atoms with Crippen LogP contribution in [0, 0.1) is 13.8 Å². The summed E-state index contributed by atoms with van der Waals surface area (Å²) >= 11 is 0. The second-order valence-corrected chi connectivity index (χ2v) is 6.71.